The molecule has 0 radical (unpaired) electrons. The van der Waals surface area contributed by atoms with Crippen LogP contribution in [-0.2, 0) is 17.9 Å². The zero-order valence-electron chi connectivity index (χ0n) is 13.8. The zero-order valence-corrected chi connectivity index (χ0v) is 14.6. The molecule has 1 aromatic heterocycles. The standard InChI is InChI=1S/C18H25NO3S/c1-3-19(12-18-8-5-9-23-18)11-16(20)14-22-13-15-6-4-7-17(10-15)21-2/h4-10,16,20H,3,11-14H2,1-2H3. The third-order valence-corrected chi connectivity index (χ3v) is 4.45. The van der Waals surface area contributed by atoms with Gasteiger partial charge in [0.15, 0.2) is 0 Å². The number of ether oxygens (including phenoxy) is 2. The molecular formula is C18H25NO3S. The Bertz CT molecular complexity index is 559. The second-order valence-electron chi connectivity index (χ2n) is 5.43. The second-order valence-corrected chi connectivity index (χ2v) is 6.46. The van der Waals surface area contributed by atoms with Crippen LogP contribution in [0.15, 0.2) is 41.8 Å². The predicted octanol–water partition coefficient (Wildman–Crippen LogP) is 3.16. The molecular weight excluding hydrogens is 310 g/mol. The van der Waals surface area contributed by atoms with E-state index in [2.05, 4.69) is 29.3 Å². The Morgan fingerprint density at radius 1 is 1.26 bits per heavy atom. The molecule has 0 amide bonds. The second kappa shape index (κ2) is 9.67. The van der Waals surface area contributed by atoms with Crippen molar-refractivity contribution in [3.05, 3.63) is 52.2 Å². The Kier molecular flexibility index (Phi) is 7.55. The van der Waals surface area contributed by atoms with Crippen molar-refractivity contribution < 1.29 is 14.6 Å². The molecule has 1 atom stereocenters. The minimum Gasteiger partial charge on any atom is -0.497 e. The lowest BCUT2D eigenvalue weighted by molar-refractivity contribution is 0.00951. The smallest absolute Gasteiger partial charge is 0.119 e. The summed E-state index contributed by atoms with van der Waals surface area (Å²) in [5.41, 5.74) is 1.04. The van der Waals surface area contributed by atoms with Crippen LogP contribution in [0.2, 0.25) is 0 Å². The Hall–Kier alpha value is -1.40. The highest BCUT2D eigenvalue weighted by Crippen LogP contribution is 2.14. The van der Waals surface area contributed by atoms with Crippen LogP contribution in [0.3, 0.4) is 0 Å². The van der Waals surface area contributed by atoms with Gasteiger partial charge in [0.2, 0.25) is 0 Å². The molecule has 4 nitrogen and oxygen atoms in total. The van der Waals surface area contributed by atoms with E-state index in [9.17, 15) is 5.11 Å². The van der Waals surface area contributed by atoms with Gasteiger partial charge in [-0.1, -0.05) is 25.1 Å². The normalized spacial score (nSPS) is 12.5. The molecule has 0 aliphatic heterocycles. The lowest BCUT2D eigenvalue weighted by Gasteiger charge is -2.23. The highest BCUT2D eigenvalue weighted by Gasteiger charge is 2.11. The topological polar surface area (TPSA) is 41.9 Å². The molecule has 1 heterocycles. The molecule has 5 heteroatoms. The van der Waals surface area contributed by atoms with E-state index in [0.717, 1.165) is 24.4 Å². The molecule has 0 aliphatic carbocycles. The number of aliphatic hydroxyl groups is 1. The monoisotopic (exact) mass is 335 g/mol. The van der Waals surface area contributed by atoms with Crippen LogP contribution in [0.4, 0.5) is 0 Å². The van der Waals surface area contributed by atoms with Crippen LogP contribution < -0.4 is 4.74 Å². The number of methoxy groups -OCH3 is 1. The van der Waals surface area contributed by atoms with Crippen molar-refractivity contribution in [3.8, 4) is 5.75 Å². The summed E-state index contributed by atoms with van der Waals surface area (Å²) < 4.78 is 10.8. The lowest BCUT2D eigenvalue weighted by atomic mass is 10.2. The Morgan fingerprint density at radius 2 is 2.13 bits per heavy atom. The van der Waals surface area contributed by atoms with Gasteiger partial charge in [0, 0.05) is 18.0 Å². The summed E-state index contributed by atoms with van der Waals surface area (Å²) in [4.78, 5) is 3.54. The van der Waals surface area contributed by atoms with Gasteiger partial charge in [-0.15, -0.1) is 11.3 Å². The van der Waals surface area contributed by atoms with Crippen molar-refractivity contribution in [1.82, 2.24) is 4.90 Å². The summed E-state index contributed by atoms with van der Waals surface area (Å²) in [6.07, 6.45) is -0.486. The van der Waals surface area contributed by atoms with Crippen LogP contribution >= 0.6 is 11.3 Å². The maximum absolute atomic E-state index is 10.2. The van der Waals surface area contributed by atoms with Crippen molar-refractivity contribution >= 4 is 11.3 Å². The van der Waals surface area contributed by atoms with Crippen LogP contribution in [-0.4, -0.2) is 42.9 Å². The van der Waals surface area contributed by atoms with Crippen molar-refractivity contribution in [1.29, 1.82) is 0 Å². The average Bonchev–Trinajstić information content (AvgIpc) is 3.07. The van der Waals surface area contributed by atoms with E-state index < -0.39 is 6.10 Å². The molecule has 0 aliphatic rings. The zero-order chi connectivity index (χ0) is 16.5. The Balaban J connectivity index is 1.72. The molecule has 1 N–H and O–H groups in total. The first-order valence-corrected chi connectivity index (χ1v) is 8.72. The summed E-state index contributed by atoms with van der Waals surface area (Å²) in [6.45, 7) is 5.32. The van der Waals surface area contributed by atoms with Crippen molar-refractivity contribution in [2.24, 2.45) is 0 Å². The Labute approximate surface area is 142 Å². The van der Waals surface area contributed by atoms with E-state index in [1.807, 2.05) is 24.3 Å². The van der Waals surface area contributed by atoms with E-state index in [-0.39, 0.29) is 0 Å². The number of aliphatic hydroxyl groups excluding tert-OH is 1. The number of thiophene rings is 1. The van der Waals surface area contributed by atoms with Crippen molar-refractivity contribution in [2.75, 3.05) is 26.8 Å². The summed E-state index contributed by atoms with van der Waals surface area (Å²) in [6, 6.07) is 12.0. The minimum atomic E-state index is -0.486. The fourth-order valence-corrected chi connectivity index (χ4v) is 3.10. The van der Waals surface area contributed by atoms with E-state index in [1.165, 1.54) is 4.88 Å². The lowest BCUT2D eigenvalue weighted by Crippen LogP contribution is -2.34. The van der Waals surface area contributed by atoms with Gasteiger partial charge in [0.25, 0.3) is 0 Å². The number of benzene rings is 1. The van der Waals surface area contributed by atoms with Crippen LogP contribution in [0.5, 0.6) is 5.75 Å². The fraction of sp³-hybridized carbons (Fsp3) is 0.444. The van der Waals surface area contributed by atoms with Gasteiger partial charge < -0.3 is 14.6 Å². The maximum Gasteiger partial charge on any atom is 0.119 e. The maximum atomic E-state index is 10.2. The van der Waals surface area contributed by atoms with Gasteiger partial charge in [-0.2, -0.15) is 0 Å². The van der Waals surface area contributed by atoms with Gasteiger partial charge in [0.05, 0.1) is 26.4 Å². The molecule has 0 fully saturated rings. The number of hydrogen-bond acceptors (Lipinski definition) is 5. The molecule has 0 saturated heterocycles. The highest BCUT2D eigenvalue weighted by atomic mass is 32.1. The SMILES string of the molecule is CCN(Cc1cccs1)CC(O)COCc1cccc(OC)c1. The molecule has 0 bridgehead atoms. The predicted molar refractivity (Wildman–Crippen MR) is 93.9 cm³/mol. The summed E-state index contributed by atoms with van der Waals surface area (Å²) in [5.74, 6) is 0.819. The van der Waals surface area contributed by atoms with Gasteiger partial charge in [-0.25, -0.2) is 0 Å². The van der Waals surface area contributed by atoms with E-state index in [0.29, 0.717) is 19.8 Å². The van der Waals surface area contributed by atoms with Gasteiger partial charge in [-0.05, 0) is 35.7 Å². The quantitative estimate of drug-likeness (QED) is 0.724. The highest BCUT2D eigenvalue weighted by molar-refractivity contribution is 7.09. The molecule has 1 aromatic carbocycles. The first-order chi connectivity index (χ1) is 11.2. The van der Waals surface area contributed by atoms with E-state index in [4.69, 9.17) is 9.47 Å². The van der Waals surface area contributed by atoms with Crippen LogP contribution in [0, 0.1) is 0 Å². The number of nitrogens with zero attached hydrogens (tertiary/aromatic N) is 1. The molecule has 0 spiro atoms. The van der Waals surface area contributed by atoms with Gasteiger partial charge in [0.1, 0.15) is 5.75 Å². The summed E-state index contributed by atoms with van der Waals surface area (Å²) in [7, 11) is 1.65. The van der Waals surface area contributed by atoms with Gasteiger partial charge >= 0.3 is 0 Å². The Morgan fingerprint density at radius 3 is 2.83 bits per heavy atom. The molecule has 126 valence electrons. The fourth-order valence-electron chi connectivity index (χ4n) is 2.35. The third-order valence-electron chi connectivity index (χ3n) is 3.59. The first kappa shape index (κ1) is 17.9. The van der Waals surface area contributed by atoms with Gasteiger partial charge in [-0.3, -0.25) is 4.90 Å². The molecule has 1 unspecified atom stereocenters. The van der Waals surface area contributed by atoms with Crippen molar-refractivity contribution in [3.63, 3.8) is 0 Å². The summed E-state index contributed by atoms with van der Waals surface area (Å²) in [5, 5.41) is 12.3. The van der Waals surface area contributed by atoms with Crippen molar-refractivity contribution in [2.45, 2.75) is 26.2 Å². The van der Waals surface area contributed by atoms with E-state index >= 15 is 0 Å². The van der Waals surface area contributed by atoms with Crippen LogP contribution in [0.1, 0.15) is 17.4 Å². The molecule has 23 heavy (non-hydrogen) atoms. The van der Waals surface area contributed by atoms with E-state index in [1.54, 1.807) is 18.4 Å². The first-order valence-electron chi connectivity index (χ1n) is 7.84. The minimum absolute atomic E-state index is 0.331. The number of rotatable bonds is 10. The molecule has 2 rings (SSSR count). The molecule has 0 saturated carbocycles. The third kappa shape index (κ3) is 6.31. The number of hydrogen-bond donors (Lipinski definition) is 1. The largest absolute Gasteiger partial charge is 0.497 e. The van der Waals surface area contributed by atoms with Crippen LogP contribution in [0.25, 0.3) is 0 Å². The summed E-state index contributed by atoms with van der Waals surface area (Å²) >= 11 is 1.75. The molecule has 2 aromatic rings. The average molecular weight is 335 g/mol. The number of likely N-dealkylation sites (N-methyl/N-ethyl adjacent to an activating group) is 1.